The van der Waals surface area contributed by atoms with E-state index in [0.29, 0.717) is 12.0 Å². The van der Waals surface area contributed by atoms with Crippen molar-refractivity contribution in [1.29, 1.82) is 0 Å². The molecule has 0 radical (unpaired) electrons. The van der Waals surface area contributed by atoms with Gasteiger partial charge in [-0.3, -0.25) is 10.4 Å². The van der Waals surface area contributed by atoms with Crippen LogP contribution in [0.5, 0.6) is 0 Å². The summed E-state index contributed by atoms with van der Waals surface area (Å²) in [5.41, 5.74) is 2.77. The topological polar surface area (TPSA) is 53.6 Å². The van der Waals surface area contributed by atoms with Crippen molar-refractivity contribution in [3.8, 4) is 0 Å². The molecule has 16 heavy (non-hydrogen) atoms. The minimum atomic E-state index is 0.577. The molecule has 1 aliphatic rings. The van der Waals surface area contributed by atoms with Gasteiger partial charge in [0.05, 0.1) is 0 Å². The molecule has 94 valence electrons. The maximum atomic E-state index is 5.58. The van der Waals surface area contributed by atoms with E-state index in [0.717, 1.165) is 19.0 Å². The van der Waals surface area contributed by atoms with Gasteiger partial charge in [-0.25, -0.2) is 5.84 Å². The fourth-order valence-corrected chi connectivity index (χ4v) is 2.19. The summed E-state index contributed by atoms with van der Waals surface area (Å²) < 4.78 is 0. The standard InChI is InChI=1S/C12H26N4/c1-4-11-7-5-6-8-16(11)12(15-13)14-9-10(2)3/h10-11H,4-9,13H2,1-3H3,(H,14,15). The monoisotopic (exact) mass is 226 g/mol. The summed E-state index contributed by atoms with van der Waals surface area (Å²) in [5, 5.41) is 0. The van der Waals surface area contributed by atoms with Gasteiger partial charge in [0.1, 0.15) is 0 Å². The zero-order valence-corrected chi connectivity index (χ0v) is 10.9. The zero-order valence-electron chi connectivity index (χ0n) is 10.9. The number of nitrogens with two attached hydrogens (primary N) is 1. The van der Waals surface area contributed by atoms with Gasteiger partial charge in [0, 0.05) is 19.1 Å². The minimum absolute atomic E-state index is 0.577. The molecule has 1 rings (SSSR count). The minimum Gasteiger partial charge on any atom is -0.339 e. The van der Waals surface area contributed by atoms with E-state index in [1.165, 1.54) is 25.7 Å². The number of aliphatic imine (C=N–C) groups is 1. The van der Waals surface area contributed by atoms with Gasteiger partial charge < -0.3 is 4.90 Å². The average molecular weight is 226 g/mol. The number of rotatable bonds is 3. The van der Waals surface area contributed by atoms with Gasteiger partial charge in [-0.1, -0.05) is 20.8 Å². The van der Waals surface area contributed by atoms with E-state index >= 15 is 0 Å². The molecule has 4 heteroatoms. The van der Waals surface area contributed by atoms with Crippen LogP contribution in [0.2, 0.25) is 0 Å². The molecule has 1 aliphatic heterocycles. The van der Waals surface area contributed by atoms with Gasteiger partial charge in [-0.15, -0.1) is 0 Å². The molecule has 3 N–H and O–H groups in total. The number of nitrogens with zero attached hydrogens (tertiary/aromatic N) is 2. The third-order valence-corrected chi connectivity index (χ3v) is 3.11. The second kappa shape index (κ2) is 6.74. The van der Waals surface area contributed by atoms with E-state index in [9.17, 15) is 0 Å². The fraction of sp³-hybridized carbons (Fsp3) is 0.917. The van der Waals surface area contributed by atoms with Crippen molar-refractivity contribution in [1.82, 2.24) is 10.3 Å². The van der Waals surface area contributed by atoms with Crippen LogP contribution in [-0.2, 0) is 0 Å². The highest BCUT2D eigenvalue weighted by molar-refractivity contribution is 5.79. The highest BCUT2D eigenvalue weighted by Gasteiger charge is 2.23. The van der Waals surface area contributed by atoms with E-state index < -0.39 is 0 Å². The summed E-state index contributed by atoms with van der Waals surface area (Å²) in [6.07, 6.45) is 5.01. The Bertz CT molecular complexity index is 225. The molecule has 0 saturated carbocycles. The van der Waals surface area contributed by atoms with Crippen molar-refractivity contribution < 1.29 is 0 Å². The second-order valence-corrected chi connectivity index (χ2v) is 4.95. The normalized spacial score (nSPS) is 22.7. The molecular formula is C12H26N4. The summed E-state index contributed by atoms with van der Waals surface area (Å²) in [7, 11) is 0. The Labute approximate surface area is 99.3 Å². The lowest BCUT2D eigenvalue weighted by atomic mass is 10.0. The number of piperidine rings is 1. The molecule has 1 atom stereocenters. The van der Waals surface area contributed by atoms with Crippen LogP contribution in [0.25, 0.3) is 0 Å². The van der Waals surface area contributed by atoms with E-state index in [1.54, 1.807) is 0 Å². The third kappa shape index (κ3) is 3.67. The van der Waals surface area contributed by atoms with Gasteiger partial charge in [0.2, 0.25) is 5.96 Å². The Morgan fingerprint density at radius 1 is 1.50 bits per heavy atom. The summed E-state index contributed by atoms with van der Waals surface area (Å²) in [6.45, 7) is 8.50. The Morgan fingerprint density at radius 3 is 2.81 bits per heavy atom. The van der Waals surface area contributed by atoms with Gasteiger partial charge >= 0.3 is 0 Å². The Morgan fingerprint density at radius 2 is 2.25 bits per heavy atom. The molecule has 0 aromatic carbocycles. The predicted molar refractivity (Wildman–Crippen MR) is 69.1 cm³/mol. The molecule has 4 nitrogen and oxygen atoms in total. The number of hydrogen-bond acceptors (Lipinski definition) is 2. The smallest absolute Gasteiger partial charge is 0.208 e. The van der Waals surface area contributed by atoms with Crippen molar-refractivity contribution >= 4 is 5.96 Å². The van der Waals surface area contributed by atoms with Crippen molar-refractivity contribution in [3.63, 3.8) is 0 Å². The lowest BCUT2D eigenvalue weighted by Gasteiger charge is -2.37. The zero-order chi connectivity index (χ0) is 12.0. The Hall–Kier alpha value is -0.770. The Balaban J connectivity index is 2.65. The maximum absolute atomic E-state index is 5.58. The highest BCUT2D eigenvalue weighted by Crippen LogP contribution is 2.19. The van der Waals surface area contributed by atoms with Crippen LogP contribution in [0, 0.1) is 5.92 Å². The van der Waals surface area contributed by atoms with Gasteiger partial charge in [0.15, 0.2) is 0 Å². The number of guanidine groups is 1. The molecule has 0 aromatic rings. The molecule has 1 saturated heterocycles. The van der Waals surface area contributed by atoms with E-state index in [-0.39, 0.29) is 0 Å². The average Bonchev–Trinajstić information content (AvgIpc) is 2.30. The lowest BCUT2D eigenvalue weighted by molar-refractivity contribution is 0.228. The van der Waals surface area contributed by atoms with Gasteiger partial charge in [0.25, 0.3) is 0 Å². The summed E-state index contributed by atoms with van der Waals surface area (Å²) in [6, 6.07) is 0.607. The van der Waals surface area contributed by atoms with Crippen LogP contribution in [0.3, 0.4) is 0 Å². The summed E-state index contributed by atoms with van der Waals surface area (Å²) >= 11 is 0. The summed E-state index contributed by atoms with van der Waals surface area (Å²) in [5.74, 6) is 7.04. The van der Waals surface area contributed by atoms with Gasteiger partial charge in [-0.2, -0.15) is 0 Å². The van der Waals surface area contributed by atoms with Crippen LogP contribution in [-0.4, -0.2) is 30.0 Å². The molecule has 1 unspecified atom stereocenters. The molecule has 0 amide bonds. The molecule has 0 spiro atoms. The van der Waals surface area contributed by atoms with Crippen LogP contribution >= 0.6 is 0 Å². The van der Waals surface area contributed by atoms with Crippen LogP contribution in [0.4, 0.5) is 0 Å². The van der Waals surface area contributed by atoms with E-state index in [4.69, 9.17) is 5.84 Å². The van der Waals surface area contributed by atoms with Crippen molar-refractivity contribution in [2.45, 2.75) is 52.5 Å². The first kappa shape index (κ1) is 13.3. The Kier molecular flexibility index (Phi) is 5.60. The van der Waals surface area contributed by atoms with Crippen LogP contribution in [0.15, 0.2) is 4.99 Å². The van der Waals surface area contributed by atoms with E-state index in [1.807, 2.05) is 0 Å². The summed E-state index contributed by atoms with van der Waals surface area (Å²) in [4.78, 5) is 6.91. The number of nitrogens with one attached hydrogen (secondary N) is 1. The van der Waals surface area contributed by atoms with Gasteiger partial charge in [-0.05, 0) is 31.6 Å². The molecule has 1 heterocycles. The lowest BCUT2D eigenvalue weighted by Crippen LogP contribution is -2.51. The SMILES string of the molecule is CCC1CCCCN1C(=NCC(C)C)NN. The second-order valence-electron chi connectivity index (χ2n) is 4.95. The van der Waals surface area contributed by atoms with Crippen LogP contribution < -0.4 is 11.3 Å². The van der Waals surface area contributed by atoms with E-state index in [2.05, 4.69) is 36.1 Å². The van der Waals surface area contributed by atoms with Crippen molar-refractivity contribution in [2.24, 2.45) is 16.8 Å². The molecule has 0 aromatic heterocycles. The quantitative estimate of drug-likeness (QED) is 0.333. The first-order chi connectivity index (χ1) is 7.69. The molecular weight excluding hydrogens is 200 g/mol. The number of hydrazine groups is 1. The highest BCUT2D eigenvalue weighted by atomic mass is 15.4. The predicted octanol–water partition coefficient (Wildman–Crippen LogP) is 1.73. The maximum Gasteiger partial charge on any atom is 0.208 e. The largest absolute Gasteiger partial charge is 0.339 e. The third-order valence-electron chi connectivity index (χ3n) is 3.11. The van der Waals surface area contributed by atoms with Crippen LogP contribution in [0.1, 0.15) is 46.5 Å². The number of likely N-dealkylation sites (tertiary alicyclic amines) is 1. The first-order valence-electron chi connectivity index (χ1n) is 6.46. The molecule has 0 bridgehead atoms. The van der Waals surface area contributed by atoms with Crippen molar-refractivity contribution in [2.75, 3.05) is 13.1 Å². The number of hydrogen-bond donors (Lipinski definition) is 2. The molecule has 0 aliphatic carbocycles. The fourth-order valence-electron chi connectivity index (χ4n) is 2.19. The first-order valence-corrected chi connectivity index (χ1v) is 6.46. The van der Waals surface area contributed by atoms with Crippen molar-refractivity contribution in [3.05, 3.63) is 0 Å². The molecule has 1 fully saturated rings.